The maximum absolute atomic E-state index is 12.4. The van der Waals surface area contributed by atoms with E-state index in [0.29, 0.717) is 10.8 Å². The molecule has 30 nitrogen and oxygen atoms in total. The van der Waals surface area contributed by atoms with Crippen molar-refractivity contribution in [2.24, 2.45) is 0 Å². The molecular formula is C50H68O30. The van der Waals surface area contributed by atoms with Crippen molar-refractivity contribution in [3.05, 3.63) is 54.6 Å². The monoisotopic (exact) mass is 1150 g/mol. The first-order chi connectivity index (χ1) is 38.4. The molecule has 448 valence electrons. The summed E-state index contributed by atoms with van der Waals surface area (Å²) in [5.74, 6) is 0.125. The van der Waals surface area contributed by atoms with E-state index in [1.165, 1.54) is 0 Å². The third-order valence-corrected chi connectivity index (χ3v) is 15.6. The van der Waals surface area contributed by atoms with Gasteiger partial charge in [-0.2, -0.15) is 0 Å². The van der Waals surface area contributed by atoms with E-state index < -0.39 is 224 Å². The molecule has 0 radical (unpaired) electrons. The van der Waals surface area contributed by atoms with Crippen LogP contribution >= 0.6 is 0 Å². The fourth-order valence-corrected chi connectivity index (χ4v) is 11.2. The first kappa shape index (κ1) is 60.0. The largest absolute Gasteiger partial charge is 0.484 e. The summed E-state index contributed by atoms with van der Waals surface area (Å²) >= 11 is 0. The Morgan fingerprint density at radius 3 is 0.887 bits per heavy atom. The third kappa shape index (κ3) is 11.3. The molecule has 3 aromatic rings. The molecule has 14 unspecified atom stereocenters. The second-order valence-electron chi connectivity index (χ2n) is 20.6. The van der Waals surface area contributed by atoms with Crippen molar-refractivity contribution < 1.29 is 148 Å². The highest BCUT2D eigenvalue weighted by atomic mass is 16.8. The summed E-state index contributed by atoms with van der Waals surface area (Å²) < 4.78 is 77.2. The Bertz CT molecular complexity index is 2490. The van der Waals surface area contributed by atoms with Gasteiger partial charge in [-0.1, -0.05) is 36.4 Å². The molecule has 30 atom stereocenters. The Morgan fingerprint density at radius 2 is 0.562 bits per heavy atom. The van der Waals surface area contributed by atoms with Crippen molar-refractivity contribution in [3.63, 3.8) is 0 Å². The Kier molecular flexibility index (Phi) is 18.9. The Morgan fingerprint density at radius 1 is 0.287 bits per heavy atom. The molecule has 80 heavy (non-hydrogen) atoms. The fraction of sp³-hybridized carbons (Fsp3) is 0.720. The normalized spacial score (nSPS) is 47.8. The molecule has 30 heteroatoms. The first-order valence-electron chi connectivity index (χ1n) is 26.0. The number of benzene rings is 3. The Balaban J connectivity index is 0.999. The average Bonchev–Trinajstić information content (AvgIpc) is 3.47. The van der Waals surface area contributed by atoms with Gasteiger partial charge in [0.2, 0.25) is 0 Å². The van der Waals surface area contributed by atoms with Crippen LogP contribution in [0.25, 0.3) is 21.5 Å². The van der Waals surface area contributed by atoms with Gasteiger partial charge >= 0.3 is 0 Å². The molecule has 3 aromatic carbocycles. The lowest BCUT2D eigenvalue weighted by atomic mass is 9.94. The van der Waals surface area contributed by atoms with E-state index in [1.807, 2.05) is 36.4 Å². The predicted molar refractivity (Wildman–Crippen MR) is 256 cm³/mol. The minimum absolute atomic E-state index is 0.125. The molecule has 22 aliphatic heterocycles. The lowest BCUT2D eigenvalue weighted by molar-refractivity contribution is -0.403. The summed E-state index contributed by atoms with van der Waals surface area (Å²) in [4.78, 5) is 0. The van der Waals surface area contributed by atoms with E-state index >= 15 is 0 Å². The highest BCUT2D eigenvalue weighted by molar-refractivity contribution is 6.00. The van der Waals surface area contributed by atoms with Gasteiger partial charge in [-0.3, -0.25) is 0 Å². The van der Waals surface area contributed by atoms with Gasteiger partial charge in [0, 0.05) is 5.39 Å². The zero-order chi connectivity index (χ0) is 57.0. The van der Waals surface area contributed by atoms with E-state index in [2.05, 4.69) is 0 Å². The van der Waals surface area contributed by atoms with Crippen molar-refractivity contribution in [1.82, 2.24) is 0 Å². The van der Waals surface area contributed by atoms with Gasteiger partial charge in [0.1, 0.15) is 146 Å². The zero-order valence-electron chi connectivity index (χ0n) is 42.2. The highest BCUT2D eigenvalue weighted by Crippen LogP contribution is 2.40. The maximum atomic E-state index is 12.4. The SMILES string of the molecule is OC[C@H]1O[C@@H]2O[C@H]3C(O)C(O)[C@H](O[C@@H]3CO)O[C@H]3C(O)C(O)[C@H](O[C@@H]3CO)O[C@H]3C(O)C(O)[C@H](O[C@@H]3CO)O[C@H]3C(O)C(O)[C@H](O[C@@H]3CO)O[C@H]3C(O)C(O)C(OC1C(Oc1cccc4cc5ccccc5cc14)C2O)O[C@@H]3CO. The van der Waals surface area contributed by atoms with Gasteiger partial charge in [-0.25, -0.2) is 0 Å². The Hall–Kier alpha value is -3.18. The number of fused-ring (bicyclic) bond motifs is 2. The van der Waals surface area contributed by atoms with Crippen molar-refractivity contribution in [1.29, 1.82) is 0 Å². The molecule has 12 bridgehead atoms. The summed E-state index contributed by atoms with van der Waals surface area (Å²) in [6.45, 7) is -5.97. The van der Waals surface area contributed by atoms with Crippen molar-refractivity contribution >= 4 is 21.5 Å². The molecule has 0 amide bonds. The third-order valence-electron chi connectivity index (χ3n) is 15.6. The molecule has 0 aliphatic carbocycles. The van der Waals surface area contributed by atoms with E-state index in [9.17, 15) is 86.8 Å². The maximum Gasteiger partial charge on any atom is 0.188 e. The average molecular weight is 1150 g/mol. The second-order valence-corrected chi connectivity index (χ2v) is 20.6. The Labute approximate surface area is 453 Å². The van der Waals surface area contributed by atoms with Gasteiger partial charge in [0.05, 0.1) is 39.6 Å². The number of ether oxygens (including phenoxy) is 13. The van der Waals surface area contributed by atoms with Crippen LogP contribution in [-0.2, 0) is 56.8 Å². The fourth-order valence-electron chi connectivity index (χ4n) is 11.2. The number of aliphatic hydroxyl groups is 17. The van der Waals surface area contributed by atoms with E-state index in [1.54, 1.807) is 18.2 Å². The number of aliphatic hydroxyl groups excluding tert-OH is 17. The van der Waals surface area contributed by atoms with Crippen molar-refractivity contribution in [2.45, 2.75) is 184 Å². The van der Waals surface area contributed by atoms with Crippen molar-refractivity contribution in [3.8, 4) is 5.75 Å². The molecule has 22 fully saturated rings. The summed E-state index contributed by atoms with van der Waals surface area (Å²) in [5, 5.41) is 194. The van der Waals surface area contributed by atoms with Crippen LogP contribution < -0.4 is 4.74 Å². The smallest absolute Gasteiger partial charge is 0.188 e. The summed E-state index contributed by atoms with van der Waals surface area (Å²) in [7, 11) is 0. The van der Waals surface area contributed by atoms with Gasteiger partial charge < -0.3 is 148 Å². The molecule has 22 aliphatic rings. The topological polar surface area (TPSA) is 464 Å². The van der Waals surface area contributed by atoms with Crippen LogP contribution in [0.1, 0.15) is 0 Å². The van der Waals surface area contributed by atoms with Gasteiger partial charge in [-0.05, 0) is 34.4 Å². The summed E-state index contributed by atoms with van der Waals surface area (Å²) in [5.41, 5.74) is 0. The number of hydrogen-bond donors (Lipinski definition) is 17. The lowest BCUT2D eigenvalue weighted by Gasteiger charge is -2.51. The van der Waals surface area contributed by atoms with Gasteiger partial charge in [-0.15, -0.1) is 0 Å². The van der Waals surface area contributed by atoms with Crippen LogP contribution in [-0.4, -0.2) is 311 Å². The van der Waals surface area contributed by atoms with Crippen LogP contribution in [0.15, 0.2) is 54.6 Å². The number of hydrogen-bond acceptors (Lipinski definition) is 30. The molecule has 0 saturated carbocycles. The zero-order valence-corrected chi connectivity index (χ0v) is 42.2. The second kappa shape index (κ2) is 25.2. The quantitative estimate of drug-likeness (QED) is 0.0932. The molecule has 0 spiro atoms. The minimum atomic E-state index is -2.16. The van der Waals surface area contributed by atoms with Gasteiger partial charge in [0.15, 0.2) is 43.8 Å². The standard InChI is InChI=1S/C50H68O30/c51-10-21-38-27(57)32(62)45(69-21)76-39-22(11-52)71-47(34(64)29(39)59)78-41-24(13-54)73-49(36(66)31(41)61)80-43-26(15-56)74-50(37(67)44(43)68-20-7-3-6-18-8-16-4-1-2-5-17(16)9-19(18)20)79-42-25(14-55)72-48(35(65)30(42)60)77-40-23(12-53)70-46(75-38)33(63)28(40)58/h1-9,21-67H,10-15H2/t21-,22-,23-,24-,25-,26-,27?,28?,29?,30?,31?,32?,33?,34?,35?,36?,37?,38-,39-,40-,41-,42-,43?,44?,45-,46-,47-,48-,49?,50-/m1/s1. The first-order valence-corrected chi connectivity index (χ1v) is 26.0. The van der Waals surface area contributed by atoms with Crippen LogP contribution in [0, 0.1) is 0 Å². The molecule has 25 rings (SSSR count). The van der Waals surface area contributed by atoms with E-state index in [0.717, 1.165) is 10.8 Å². The summed E-state index contributed by atoms with van der Waals surface area (Å²) in [6.07, 6.45) is -58.2. The summed E-state index contributed by atoms with van der Waals surface area (Å²) in [6, 6.07) is 16.1. The minimum Gasteiger partial charge on any atom is -0.484 e. The van der Waals surface area contributed by atoms with Crippen molar-refractivity contribution in [2.75, 3.05) is 39.6 Å². The molecular weight excluding hydrogens is 1080 g/mol. The predicted octanol–water partition coefficient (Wildman–Crippen LogP) is -8.66. The van der Waals surface area contributed by atoms with Crippen LogP contribution in [0.2, 0.25) is 0 Å². The molecule has 17 N–H and O–H groups in total. The molecule has 22 saturated heterocycles. The molecule has 22 heterocycles. The lowest BCUT2D eigenvalue weighted by Crippen LogP contribution is -2.69. The van der Waals surface area contributed by atoms with E-state index in [4.69, 9.17) is 61.6 Å². The van der Waals surface area contributed by atoms with Crippen LogP contribution in [0.3, 0.4) is 0 Å². The number of rotatable bonds is 8. The van der Waals surface area contributed by atoms with Gasteiger partial charge in [0.25, 0.3) is 0 Å². The van der Waals surface area contributed by atoms with E-state index in [-0.39, 0.29) is 5.75 Å². The highest BCUT2D eigenvalue weighted by Gasteiger charge is 2.59. The van der Waals surface area contributed by atoms with Crippen LogP contribution in [0.4, 0.5) is 0 Å². The molecule has 0 aromatic heterocycles. The van der Waals surface area contributed by atoms with Crippen LogP contribution in [0.5, 0.6) is 5.75 Å².